The summed E-state index contributed by atoms with van der Waals surface area (Å²) in [4.78, 5) is 11.7. The molecule has 0 spiro atoms. The third-order valence-corrected chi connectivity index (χ3v) is 2.88. The maximum Gasteiger partial charge on any atom is 0.263 e. The highest BCUT2D eigenvalue weighted by Gasteiger charge is 2.19. The predicted octanol–water partition coefficient (Wildman–Crippen LogP) is 1.27. The molecule has 3 N–H and O–H groups in total. The van der Waals surface area contributed by atoms with Gasteiger partial charge in [0.05, 0.1) is 10.2 Å². The molecule has 1 aliphatic carbocycles. The number of thiocarbonyl (C=S) groups is 1. The molecule has 0 aromatic carbocycles. The quantitative estimate of drug-likeness (QED) is 0.581. The van der Waals surface area contributed by atoms with Gasteiger partial charge in [-0.2, -0.15) is 0 Å². The third-order valence-electron chi connectivity index (χ3n) is 2.14. The van der Waals surface area contributed by atoms with Crippen molar-refractivity contribution in [1.29, 1.82) is 0 Å². The van der Waals surface area contributed by atoms with Crippen LogP contribution in [-0.4, -0.2) is 22.7 Å². The number of rotatable bonds is 3. The van der Waals surface area contributed by atoms with Crippen LogP contribution < -0.4 is 11.1 Å². The number of carbonyl (C=O) groups excluding carboxylic acids is 1. The highest BCUT2D eigenvalue weighted by Crippen LogP contribution is 2.21. The number of halogens is 1. The summed E-state index contributed by atoms with van der Waals surface area (Å²) >= 11 is 10.9. The first-order valence-electron chi connectivity index (χ1n) is 4.62. The van der Waals surface area contributed by atoms with Crippen molar-refractivity contribution in [1.82, 2.24) is 5.32 Å². The fourth-order valence-electron chi connectivity index (χ4n) is 1.28. The van der Waals surface area contributed by atoms with Crippen LogP contribution in [0, 0.1) is 0 Å². The van der Waals surface area contributed by atoms with Gasteiger partial charge in [-0.15, -0.1) is 11.6 Å². The molecule has 5 heteroatoms. The molecule has 3 nitrogen and oxygen atoms in total. The van der Waals surface area contributed by atoms with E-state index >= 15 is 0 Å². The summed E-state index contributed by atoms with van der Waals surface area (Å²) < 4.78 is 0. The largest absolute Gasteiger partial charge is 0.326 e. The van der Waals surface area contributed by atoms with Crippen molar-refractivity contribution in [2.75, 3.05) is 6.54 Å². The molecule has 1 unspecified atom stereocenters. The monoisotopic (exact) mass is 244 g/mol. The number of hydrogen-bond acceptors (Lipinski definition) is 3. The summed E-state index contributed by atoms with van der Waals surface area (Å²) in [5.74, 6) is -0.331. The van der Waals surface area contributed by atoms with Gasteiger partial charge in [0.15, 0.2) is 0 Å². The van der Waals surface area contributed by atoms with Crippen molar-refractivity contribution in [3.63, 3.8) is 0 Å². The summed E-state index contributed by atoms with van der Waals surface area (Å²) in [5.41, 5.74) is 6.96. The normalized spacial score (nSPS) is 20.3. The van der Waals surface area contributed by atoms with E-state index in [1.807, 2.05) is 19.1 Å². The van der Waals surface area contributed by atoms with Crippen LogP contribution in [0.5, 0.6) is 0 Å². The SMILES string of the molecule is CC1=C(NC(=O)C(=S)CN)C(Cl)CC=C1. The Morgan fingerprint density at radius 3 is 3.00 bits per heavy atom. The van der Waals surface area contributed by atoms with Crippen LogP contribution in [0.2, 0.25) is 0 Å². The van der Waals surface area contributed by atoms with Crippen LogP contribution in [0.1, 0.15) is 13.3 Å². The van der Waals surface area contributed by atoms with Crippen molar-refractivity contribution in [2.45, 2.75) is 18.7 Å². The molecule has 1 atom stereocenters. The Labute approximate surface area is 99.4 Å². The number of hydrogen-bond donors (Lipinski definition) is 2. The zero-order valence-electron chi connectivity index (χ0n) is 8.42. The average molecular weight is 245 g/mol. The van der Waals surface area contributed by atoms with Gasteiger partial charge in [-0.05, 0) is 18.9 Å². The van der Waals surface area contributed by atoms with Crippen molar-refractivity contribution < 1.29 is 4.79 Å². The number of amides is 1. The van der Waals surface area contributed by atoms with E-state index < -0.39 is 0 Å². The second-order valence-corrected chi connectivity index (χ2v) is 4.30. The number of nitrogens with two attached hydrogens (primary N) is 1. The molecule has 0 aromatic heterocycles. The first-order chi connectivity index (χ1) is 7.06. The molecule has 0 aromatic rings. The van der Waals surface area contributed by atoms with Gasteiger partial charge in [0.1, 0.15) is 0 Å². The lowest BCUT2D eigenvalue weighted by Gasteiger charge is -2.19. The lowest BCUT2D eigenvalue weighted by atomic mass is 10.0. The fourth-order valence-corrected chi connectivity index (χ4v) is 1.66. The molecule has 82 valence electrons. The number of nitrogens with one attached hydrogen (secondary N) is 1. The lowest BCUT2D eigenvalue weighted by molar-refractivity contribution is -0.114. The van der Waals surface area contributed by atoms with Crippen molar-refractivity contribution >= 4 is 34.6 Å². The van der Waals surface area contributed by atoms with E-state index in [1.54, 1.807) is 0 Å². The molecular weight excluding hydrogens is 232 g/mol. The van der Waals surface area contributed by atoms with Crippen LogP contribution in [0.15, 0.2) is 23.4 Å². The Bertz CT molecular complexity index is 349. The van der Waals surface area contributed by atoms with Gasteiger partial charge in [-0.25, -0.2) is 0 Å². The Balaban J connectivity index is 2.76. The van der Waals surface area contributed by atoms with E-state index in [0.717, 1.165) is 11.3 Å². The average Bonchev–Trinajstić information content (AvgIpc) is 2.22. The van der Waals surface area contributed by atoms with Crippen molar-refractivity contribution in [2.24, 2.45) is 5.73 Å². The second kappa shape index (κ2) is 5.39. The van der Waals surface area contributed by atoms with Gasteiger partial charge in [-0.1, -0.05) is 24.4 Å². The molecule has 1 aliphatic rings. The predicted molar refractivity (Wildman–Crippen MR) is 65.9 cm³/mol. The van der Waals surface area contributed by atoms with E-state index in [4.69, 9.17) is 29.6 Å². The summed E-state index contributed by atoms with van der Waals surface area (Å²) in [7, 11) is 0. The van der Waals surface area contributed by atoms with E-state index in [2.05, 4.69) is 5.32 Å². The number of carbonyl (C=O) groups is 1. The minimum absolute atomic E-state index is 0.0796. The third kappa shape index (κ3) is 3.12. The second-order valence-electron chi connectivity index (χ2n) is 3.28. The van der Waals surface area contributed by atoms with E-state index in [0.29, 0.717) is 6.42 Å². The molecule has 0 fully saturated rings. The number of alkyl halides is 1. The minimum atomic E-state index is -0.331. The first-order valence-corrected chi connectivity index (χ1v) is 5.46. The zero-order valence-corrected chi connectivity index (χ0v) is 9.99. The Morgan fingerprint density at radius 2 is 2.47 bits per heavy atom. The minimum Gasteiger partial charge on any atom is -0.326 e. The standard InChI is InChI=1S/C10H13ClN2OS/c1-6-3-2-4-7(11)9(6)13-10(14)8(15)5-12/h2-3,7H,4-5,12H2,1H3,(H,13,14). The van der Waals surface area contributed by atoms with Crippen LogP contribution in [0.4, 0.5) is 0 Å². The zero-order chi connectivity index (χ0) is 11.4. The smallest absolute Gasteiger partial charge is 0.263 e. The van der Waals surface area contributed by atoms with Crippen molar-refractivity contribution in [3.05, 3.63) is 23.4 Å². The van der Waals surface area contributed by atoms with Crippen LogP contribution in [0.3, 0.4) is 0 Å². The van der Waals surface area contributed by atoms with Gasteiger partial charge >= 0.3 is 0 Å². The van der Waals surface area contributed by atoms with Crippen LogP contribution in [-0.2, 0) is 4.79 Å². The molecule has 0 heterocycles. The fraction of sp³-hybridized carbons (Fsp3) is 0.400. The van der Waals surface area contributed by atoms with Gasteiger partial charge < -0.3 is 11.1 Å². The molecule has 0 saturated heterocycles. The van der Waals surface area contributed by atoms with Gasteiger partial charge in [-0.3, -0.25) is 4.79 Å². The maximum absolute atomic E-state index is 11.5. The van der Waals surface area contributed by atoms with E-state index in [9.17, 15) is 4.79 Å². The van der Waals surface area contributed by atoms with E-state index in [-0.39, 0.29) is 22.7 Å². The Hall–Kier alpha value is -0.710. The molecule has 15 heavy (non-hydrogen) atoms. The molecule has 0 radical (unpaired) electrons. The highest BCUT2D eigenvalue weighted by atomic mass is 35.5. The molecule has 1 amide bonds. The van der Waals surface area contributed by atoms with Gasteiger partial charge in [0.2, 0.25) is 0 Å². The number of allylic oxidation sites excluding steroid dienone is 4. The molecule has 0 saturated carbocycles. The van der Waals surface area contributed by atoms with Crippen LogP contribution in [0.25, 0.3) is 0 Å². The lowest BCUT2D eigenvalue weighted by Crippen LogP contribution is -2.36. The first kappa shape index (κ1) is 12.4. The summed E-state index contributed by atoms with van der Waals surface area (Å²) in [6, 6.07) is 0. The molecule has 0 aliphatic heterocycles. The highest BCUT2D eigenvalue weighted by molar-refractivity contribution is 7.82. The van der Waals surface area contributed by atoms with Crippen LogP contribution >= 0.6 is 23.8 Å². The topological polar surface area (TPSA) is 55.1 Å². The van der Waals surface area contributed by atoms with Gasteiger partial charge in [0.25, 0.3) is 5.91 Å². The molecule has 0 bridgehead atoms. The van der Waals surface area contributed by atoms with E-state index in [1.165, 1.54) is 0 Å². The van der Waals surface area contributed by atoms with Crippen molar-refractivity contribution in [3.8, 4) is 0 Å². The summed E-state index contributed by atoms with van der Waals surface area (Å²) in [6.45, 7) is 1.97. The maximum atomic E-state index is 11.5. The molecule has 1 rings (SSSR count). The summed E-state index contributed by atoms with van der Waals surface area (Å²) in [6.07, 6.45) is 4.62. The molecular formula is C10H13ClN2OS. The summed E-state index contributed by atoms with van der Waals surface area (Å²) in [5, 5.41) is 2.51. The Kier molecular flexibility index (Phi) is 4.45. The Morgan fingerprint density at radius 1 is 1.80 bits per heavy atom. The van der Waals surface area contributed by atoms with Gasteiger partial charge in [0, 0.05) is 12.2 Å².